The van der Waals surface area contributed by atoms with Gasteiger partial charge in [-0.1, -0.05) is 18.2 Å². The van der Waals surface area contributed by atoms with E-state index in [1.807, 2.05) is 0 Å². The maximum absolute atomic E-state index is 13.0. The van der Waals surface area contributed by atoms with E-state index in [9.17, 15) is 22.7 Å². The Balaban J connectivity index is 2.33. The average molecular weight is 294 g/mol. The lowest BCUT2D eigenvalue weighted by molar-refractivity contribution is -0.255. The van der Waals surface area contributed by atoms with Crippen LogP contribution in [-0.2, 0) is 10.0 Å². The number of halogens is 1. The van der Waals surface area contributed by atoms with E-state index in [2.05, 4.69) is 4.72 Å². The summed E-state index contributed by atoms with van der Waals surface area (Å²) in [6, 6.07) is 9.62. The van der Waals surface area contributed by atoms with E-state index >= 15 is 0 Å². The molecule has 0 radical (unpaired) electrons. The summed E-state index contributed by atoms with van der Waals surface area (Å²) in [7, 11) is -3.98. The van der Waals surface area contributed by atoms with Crippen molar-refractivity contribution in [3.8, 4) is 0 Å². The summed E-state index contributed by atoms with van der Waals surface area (Å²) >= 11 is 0. The minimum atomic E-state index is -3.98. The highest BCUT2D eigenvalue weighted by Gasteiger charge is 2.14. The van der Waals surface area contributed by atoms with Gasteiger partial charge in [0.05, 0.1) is 10.9 Å². The van der Waals surface area contributed by atoms with Gasteiger partial charge in [0.25, 0.3) is 10.0 Å². The second-order valence-electron chi connectivity index (χ2n) is 3.93. The van der Waals surface area contributed by atoms with Crippen molar-refractivity contribution in [3.05, 3.63) is 59.9 Å². The fraction of sp³-hybridized carbons (Fsp3) is 0. The first-order chi connectivity index (χ1) is 9.38. The van der Waals surface area contributed by atoms with Crippen molar-refractivity contribution >= 4 is 21.7 Å². The number of hydrogen-bond acceptors (Lipinski definition) is 4. The quantitative estimate of drug-likeness (QED) is 0.911. The Morgan fingerprint density at radius 3 is 2.45 bits per heavy atom. The summed E-state index contributed by atoms with van der Waals surface area (Å²) in [5.41, 5.74) is -0.111. The van der Waals surface area contributed by atoms with Crippen LogP contribution in [0.1, 0.15) is 10.4 Å². The van der Waals surface area contributed by atoms with Crippen molar-refractivity contribution in [2.45, 2.75) is 4.90 Å². The lowest BCUT2D eigenvalue weighted by Gasteiger charge is -2.10. The third kappa shape index (κ3) is 3.12. The van der Waals surface area contributed by atoms with E-state index in [-0.39, 0.29) is 16.1 Å². The maximum Gasteiger partial charge on any atom is 0.261 e. The number of nitrogens with one attached hydrogen (secondary N) is 1. The Labute approximate surface area is 114 Å². The summed E-state index contributed by atoms with van der Waals surface area (Å²) in [5.74, 6) is -2.10. The predicted octanol–water partition coefficient (Wildman–Crippen LogP) is 0.990. The predicted molar refractivity (Wildman–Crippen MR) is 68.0 cm³/mol. The zero-order valence-corrected chi connectivity index (χ0v) is 10.9. The number of anilines is 1. The van der Waals surface area contributed by atoms with Crippen LogP contribution in [-0.4, -0.2) is 14.4 Å². The first-order valence-corrected chi connectivity index (χ1v) is 6.96. The number of sulfonamides is 1. The minimum Gasteiger partial charge on any atom is -0.545 e. The molecule has 0 aromatic heterocycles. The average Bonchev–Trinajstić information content (AvgIpc) is 2.38. The molecule has 2 rings (SSSR count). The second-order valence-corrected chi connectivity index (χ2v) is 5.61. The Bertz CT molecular complexity index is 758. The summed E-state index contributed by atoms with van der Waals surface area (Å²) in [6.07, 6.45) is 0. The lowest BCUT2D eigenvalue weighted by Crippen LogP contribution is -2.22. The van der Waals surface area contributed by atoms with E-state index in [0.29, 0.717) is 0 Å². The van der Waals surface area contributed by atoms with Crippen molar-refractivity contribution in [1.82, 2.24) is 0 Å². The van der Waals surface area contributed by atoms with Crippen molar-refractivity contribution in [2.24, 2.45) is 0 Å². The lowest BCUT2D eigenvalue weighted by atomic mass is 10.2. The van der Waals surface area contributed by atoms with Crippen LogP contribution in [0.25, 0.3) is 0 Å². The number of carboxylic acids is 1. The van der Waals surface area contributed by atoms with Gasteiger partial charge in [0.15, 0.2) is 0 Å². The standard InChI is InChI=1S/C13H10FNO4S/c14-10-4-2-6-12(8-10)20(18,19)15-11-5-1-3-9(7-11)13(16)17/h1-8,15H,(H,16,17)/p-1. The maximum atomic E-state index is 13.0. The smallest absolute Gasteiger partial charge is 0.261 e. The first kappa shape index (κ1) is 14.0. The molecular weight excluding hydrogens is 285 g/mol. The van der Waals surface area contributed by atoms with Gasteiger partial charge >= 0.3 is 0 Å². The molecule has 0 amide bonds. The molecule has 0 saturated carbocycles. The van der Waals surface area contributed by atoms with Crippen LogP contribution in [0.15, 0.2) is 53.4 Å². The number of rotatable bonds is 4. The molecule has 0 aliphatic carbocycles. The highest BCUT2D eigenvalue weighted by atomic mass is 32.2. The molecule has 0 unspecified atom stereocenters. The van der Waals surface area contributed by atoms with Crippen LogP contribution >= 0.6 is 0 Å². The Hall–Kier alpha value is -2.41. The van der Waals surface area contributed by atoms with Gasteiger partial charge in [-0.05, 0) is 35.9 Å². The number of aromatic carboxylic acids is 1. The summed E-state index contributed by atoms with van der Waals surface area (Å²) < 4.78 is 39.2. The fourth-order valence-corrected chi connectivity index (χ4v) is 2.64. The van der Waals surface area contributed by atoms with Crippen molar-refractivity contribution in [2.75, 3.05) is 4.72 Å². The molecule has 104 valence electrons. The zero-order chi connectivity index (χ0) is 14.8. The van der Waals surface area contributed by atoms with Gasteiger partial charge in [-0.25, -0.2) is 12.8 Å². The molecule has 0 atom stereocenters. The highest BCUT2D eigenvalue weighted by Crippen LogP contribution is 2.17. The largest absolute Gasteiger partial charge is 0.545 e. The van der Waals surface area contributed by atoms with Crippen molar-refractivity contribution < 1.29 is 22.7 Å². The first-order valence-electron chi connectivity index (χ1n) is 5.48. The molecule has 5 nitrogen and oxygen atoms in total. The van der Waals surface area contributed by atoms with E-state index in [0.717, 1.165) is 18.2 Å². The van der Waals surface area contributed by atoms with Crippen LogP contribution in [0.4, 0.5) is 10.1 Å². The fourth-order valence-electron chi connectivity index (χ4n) is 1.56. The number of carboxylic acid groups (broad SMARTS) is 1. The molecule has 2 aromatic carbocycles. The van der Waals surface area contributed by atoms with E-state index in [1.54, 1.807) is 0 Å². The van der Waals surface area contributed by atoms with Crippen LogP contribution in [0, 0.1) is 5.82 Å². The summed E-state index contributed by atoms with van der Waals surface area (Å²) in [4.78, 5) is 10.4. The number of carbonyl (C=O) groups excluding carboxylic acids is 1. The number of hydrogen-bond donors (Lipinski definition) is 1. The van der Waals surface area contributed by atoms with Gasteiger partial charge in [-0.15, -0.1) is 0 Å². The molecule has 0 bridgehead atoms. The number of benzene rings is 2. The van der Waals surface area contributed by atoms with E-state index in [4.69, 9.17) is 0 Å². The Morgan fingerprint density at radius 1 is 1.10 bits per heavy atom. The van der Waals surface area contributed by atoms with Crippen LogP contribution in [0.5, 0.6) is 0 Å². The topological polar surface area (TPSA) is 86.3 Å². The molecule has 7 heteroatoms. The van der Waals surface area contributed by atoms with Gasteiger partial charge in [0.2, 0.25) is 0 Å². The van der Waals surface area contributed by atoms with Crippen molar-refractivity contribution in [3.63, 3.8) is 0 Å². The molecule has 0 aliphatic rings. The number of carbonyl (C=O) groups is 1. The molecule has 2 aromatic rings. The molecule has 0 saturated heterocycles. The zero-order valence-electron chi connectivity index (χ0n) is 10.0. The molecule has 0 heterocycles. The molecule has 0 aliphatic heterocycles. The molecular formula is C13H9FNO4S-. The third-order valence-corrected chi connectivity index (χ3v) is 3.84. The second kappa shape index (κ2) is 5.30. The van der Waals surface area contributed by atoms with Gasteiger partial charge in [-0.3, -0.25) is 4.72 Å². The van der Waals surface area contributed by atoms with Crippen LogP contribution in [0.2, 0.25) is 0 Å². The highest BCUT2D eigenvalue weighted by molar-refractivity contribution is 7.92. The molecule has 1 N–H and O–H groups in total. The molecule has 20 heavy (non-hydrogen) atoms. The van der Waals surface area contributed by atoms with Gasteiger partial charge in [-0.2, -0.15) is 0 Å². The minimum absolute atomic E-state index is 0.0518. The summed E-state index contributed by atoms with van der Waals surface area (Å²) in [6.45, 7) is 0. The van der Waals surface area contributed by atoms with Gasteiger partial charge < -0.3 is 9.90 Å². The monoisotopic (exact) mass is 294 g/mol. The molecule has 0 fully saturated rings. The SMILES string of the molecule is O=C([O-])c1cccc(NS(=O)(=O)c2cccc(F)c2)c1. The normalized spacial score (nSPS) is 11.1. The Kier molecular flexibility index (Phi) is 3.71. The van der Waals surface area contributed by atoms with Crippen molar-refractivity contribution in [1.29, 1.82) is 0 Å². The van der Waals surface area contributed by atoms with E-state index in [1.165, 1.54) is 30.3 Å². The third-order valence-electron chi connectivity index (χ3n) is 2.46. The van der Waals surface area contributed by atoms with E-state index < -0.39 is 21.8 Å². The van der Waals surface area contributed by atoms with Gasteiger partial charge in [0, 0.05) is 5.69 Å². The summed E-state index contributed by atoms with van der Waals surface area (Å²) in [5, 5.41) is 10.7. The Morgan fingerprint density at radius 2 is 1.80 bits per heavy atom. The van der Waals surface area contributed by atoms with Gasteiger partial charge in [0.1, 0.15) is 5.82 Å². The van der Waals surface area contributed by atoms with Crippen LogP contribution < -0.4 is 9.83 Å². The van der Waals surface area contributed by atoms with Crippen LogP contribution in [0.3, 0.4) is 0 Å². The molecule has 0 spiro atoms.